The van der Waals surface area contributed by atoms with Gasteiger partial charge in [0.1, 0.15) is 6.23 Å². The van der Waals surface area contributed by atoms with E-state index in [0.717, 1.165) is 0 Å². The smallest absolute Gasteiger partial charge is 0.245 e. The van der Waals surface area contributed by atoms with E-state index < -0.39 is 16.3 Å². The molecule has 2 N–H and O–H groups in total. The molecule has 168 valence electrons. The Hall–Kier alpha value is -2.27. The first kappa shape index (κ1) is 21.9. The molecule has 3 aliphatic heterocycles. The molecule has 9 nitrogen and oxygen atoms in total. The number of benzene rings is 1. The molecule has 0 radical (unpaired) electrons. The van der Waals surface area contributed by atoms with Gasteiger partial charge in [-0.2, -0.15) is 4.31 Å². The number of rotatable bonds is 6. The molecule has 2 amide bonds. The molecule has 0 spiro atoms. The summed E-state index contributed by atoms with van der Waals surface area (Å²) in [6.45, 7) is 5.09. The fourth-order valence-electron chi connectivity index (χ4n) is 4.32. The molecule has 0 aromatic heterocycles. The van der Waals surface area contributed by atoms with Crippen LogP contribution < -0.4 is 10.6 Å². The second-order valence-electron chi connectivity index (χ2n) is 8.10. The van der Waals surface area contributed by atoms with Gasteiger partial charge in [-0.1, -0.05) is 12.6 Å². The fourth-order valence-corrected chi connectivity index (χ4v) is 5.88. The molecule has 3 aliphatic rings. The van der Waals surface area contributed by atoms with E-state index in [1.807, 2.05) is 0 Å². The van der Waals surface area contributed by atoms with Crippen molar-refractivity contribution in [3.05, 3.63) is 36.9 Å². The molecule has 0 saturated carbocycles. The number of carbonyl (C=O) groups is 2. The lowest BCUT2D eigenvalue weighted by atomic mass is 9.99. The van der Waals surface area contributed by atoms with Crippen LogP contribution >= 0.6 is 0 Å². The Morgan fingerprint density at radius 2 is 1.97 bits per heavy atom. The largest absolute Gasteiger partial charge is 0.381 e. The first-order valence-corrected chi connectivity index (χ1v) is 11.9. The van der Waals surface area contributed by atoms with E-state index in [0.29, 0.717) is 44.7 Å². The van der Waals surface area contributed by atoms with Crippen LogP contribution in [0, 0.1) is 11.8 Å². The predicted molar refractivity (Wildman–Crippen MR) is 112 cm³/mol. The maximum absolute atomic E-state index is 13.2. The summed E-state index contributed by atoms with van der Waals surface area (Å²) in [7, 11) is -3.73. The zero-order valence-electron chi connectivity index (χ0n) is 17.2. The summed E-state index contributed by atoms with van der Waals surface area (Å²) < 4.78 is 38.8. The van der Waals surface area contributed by atoms with Gasteiger partial charge in [0.05, 0.1) is 11.0 Å². The highest BCUT2D eigenvalue weighted by molar-refractivity contribution is 7.89. The Balaban J connectivity index is 1.39. The first-order valence-electron chi connectivity index (χ1n) is 10.4. The van der Waals surface area contributed by atoms with Crippen LogP contribution in [0.4, 0.5) is 5.69 Å². The number of anilines is 1. The first-order chi connectivity index (χ1) is 14.9. The minimum absolute atomic E-state index is 0.0151. The van der Waals surface area contributed by atoms with Gasteiger partial charge in [0.2, 0.25) is 21.8 Å². The molecule has 3 atom stereocenters. The molecule has 10 heteroatoms. The lowest BCUT2D eigenvalue weighted by Gasteiger charge is -2.22. The number of amides is 2. The number of nitrogens with one attached hydrogen (secondary N) is 2. The highest BCUT2D eigenvalue weighted by atomic mass is 32.2. The number of fused-ring (bicyclic) bond motifs is 1. The van der Waals surface area contributed by atoms with E-state index in [1.165, 1.54) is 22.5 Å². The minimum atomic E-state index is -3.73. The molecule has 0 bridgehead atoms. The number of ether oxygens (including phenoxy) is 2. The second-order valence-corrected chi connectivity index (χ2v) is 10.0. The van der Waals surface area contributed by atoms with Crippen molar-refractivity contribution < 1.29 is 27.5 Å². The van der Waals surface area contributed by atoms with Gasteiger partial charge < -0.3 is 20.1 Å². The average Bonchev–Trinajstić information content (AvgIpc) is 3.33. The fraction of sp³-hybridized carbons (Fsp3) is 0.524. The van der Waals surface area contributed by atoms with Crippen LogP contribution in [0.3, 0.4) is 0 Å². The van der Waals surface area contributed by atoms with Crippen molar-refractivity contribution in [3.63, 3.8) is 0 Å². The molecule has 1 aromatic carbocycles. The summed E-state index contributed by atoms with van der Waals surface area (Å²) in [5, 5.41) is 5.53. The van der Waals surface area contributed by atoms with Crippen molar-refractivity contribution in [2.45, 2.75) is 36.5 Å². The van der Waals surface area contributed by atoms with E-state index in [1.54, 1.807) is 12.1 Å². The SMILES string of the molecule is C=CC(=O)NC1CC2CN(S(=O)(=O)c3cccc(NC(=O)C4CCOCC4)c3)CC2O1. The number of carbonyl (C=O) groups excluding carboxylic acids is 2. The Labute approximate surface area is 181 Å². The highest BCUT2D eigenvalue weighted by Gasteiger charge is 2.46. The monoisotopic (exact) mass is 449 g/mol. The van der Waals surface area contributed by atoms with Crippen LogP contribution in [0.2, 0.25) is 0 Å². The van der Waals surface area contributed by atoms with Crippen LogP contribution in [0.1, 0.15) is 19.3 Å². The Bertz CT molecular complexity index is 946. The third kappa shape index (κ3) is 4.82. The summed E-state index contributed by atoms with van der Waals surface area (Å²) in [6.07, 6.45) is 2.37. The topological polar surface area (TPSA) is 114 Å². The predicted octanol–water partition coefficient (Wildman–Crippen LogP) is 1.09. The average molecular weight is 450 g/mol. The van der Waals surface area contributed by atoms with Crippen molar-refractivity contribution >= 4 is 27.5 Å². The number of hydrogen-bond acceptors (Lipinski definition) is 6. The molecule has 1 aromatic rings. The molecule has 3 unspecified atom stereocenters. The van der Waals surface area contributed by atoms with Crippen LogP contribution in [0.15, 0.2) is 41.8 Å². The minimum Gasteiger partial charge on any atom is -0.381 e. The third-order valence-corrected chi connectivity index (χ3v) is 7.85. The van der Waals surface area contributed by atoms with Gasteiger partial charge >= 0.3 is 0 Å². The summed E-state index contributed by atoms with van der Waals surface area (Å²) in [4.78, 5) is 24.1. The quantitative estimate of drug-likeness (QED) is 0.629. The van der Waals surface area contributed by atoms with Gasteiger partial charge in [-0.25, -0.2) is 8.42 Å². The number of nitrogens with zero attached hydrogens (tertiary/aromatic N) is 1. The molecule has 3 saturated heterocycles. The van der Waals surface area contributed by atoms with E-state index in [4.69, 9.17) is 9.47 Å². The summed E-state index contributed by atoms with van der Waals surface area (Å²) in [6, 6.07) is 6.34. The second kappa shape index (κ2) is 9.07. The maximum atomic E-state index is 13.2. The standard InChI is InChI=1S/C21H27N3O6S/c1-2-19(25)23-20-10-15-12-24(13-18(15)30-20)31(27,28)17-5-3-4-16(11-17)22-21(26)14-6-8-29-9-7-14/h2-5,11,14-15,18,20H,1,6-10,12-13H2,(H,22,26)(H,23,25). The molecule has 0 aliphatic carbocycles. The lowest BCUT2D eigenvalue weighted by Crippen LogP contribution is -2.37. The van der Waals surface area contributed by atoms with Crippen LogP contribution in [0.25, 0.3) is 0 Å². The van der Waals surface area contributed by atoms with Gasteiger partial charge in [0.15, 0.2) is 0 Å². The van der Waals surface area contributed by atoms with Crippen molar-refractivity contribution in [3.8, 4) is 0 Å². The highest BCUT2D eigenvalue weighted by Crippen LogP contribution is 2.35. The van der Waals surface area contributed by atoms with Gasteiger partial charge in [-0.05, 0) is 43.5 Å². The van der Waals surface area contributed by atoms with Gasteiger partial charge in [-0.3, -0.25) is 9.59 Å². The van der Waals surface area contributed by atoms with E-state index >= 15 is 0 Å². The molecular formula is C21H27N3O6S. The maximum Gasteiger partial charge on any atom is 0.245 e. The van der Waals surface area contributed by atoms with Crippen molar-refractivity contribution in [2.75, 3.05) is 31.6 Å². The van der Waals surface area contributed by atoms with Gasteiger partial charge in [-0.15, -0.1) is 0 Å². The zero-order valence-corrected chi connectivity index (χ0v) is 18.0. The van der Waals surface area contributed by atoms with E-state index in [2.05, 4.69) is 17.2 Å². The zero-order chi connectivity index (χ0) is 22.0. The summed E-state index contributed by atoms with van der Waals surface area (Å²) >= 11 is 0. The van der Waals surface area contributed by atoms with Crippen molar-refractivity contribution in [1.82, 2.24) is 9.62 Å². The van der Waals surface area contributed by atoms with E-state index in [9.17, 15) is 18.0 Å². The lowest BCUT2D eigenvalue weighted by molar-refractivity contribution is -0.122. The van der Waals surface area contributed by atoms with E-state index in [-0.39, 0.29) is 41.2 Å². The normalized spacial score (nSPS) is 26.9. The van der Waals surface area contributed by atoms with Gasteiger partial charge in [0.25, 0.3) is 0 Å². The molecule has 4 rings (SSSR count). The molecule has 3 fully saturated rings. The van der Waals surface area contributed by atoms with Crippen LogP contribution in [0.5, 0.6) is 0 Å². The Morgan fingerprint density at radius 1 is 1.19 bits per heavy atom. The molecule has 3 heterocycles. The third-order valence-electron chi connectivity index (χ3n) is 6.02. The Kier molecular flexibility index (Phi) is 6.42. The summed E-state index contributed by atoms with van der Waals surface area (Å²) in [5.74, 6) is -0.538. The molecular weight excluding hydrogens is 422 g/mol. The van der Waals surface area contributed by atoms with Crippen LogP contribution in [-0.4, -0.2) is 63.2 Å². The summed E-state index contributed by atoms with van der Waals surface area (Å²) in [5.41, 5.74) is 0.459. The number of sulfonamides is 1. The van der Waals surface area contributed by atoms with Gasteiger partial charge in [0, 0.05) is 43.8 Å². The Morgan fingerprint density at radius 3 is 2.68 bits per heavy atom. The van der Waals surface area contributed by atoms with Crippen LogP contribution in [-0.2, 0) is 29.1 Å². The van der Waals surface area contributed by atoms with Crippen molar-refractivity contribution in [2.24, 2.45) is 11.8 Å². The number of hydrogen-bond donors (Lipinski definition) is 2. The van der Waals surface area contributed by atoms with Crippen molar-refractivity contribution in [1.29, 1.82) is 0 Å². The molecule has 31 heavy (non-hydrogen) atoms.